The molecule has 37 heavy (non-hydrogen) atoms. The van der Waals surface area contributed by atoms with Gasteiger partial charge in [-0.15, -0.1) is 10.2 Å². The Kier molecular flexibility index (Phi) is 7.44. The summed E-state index contributed by atoms with van der Waals surface area (Å²) < 4.78 is 38.9. The lowest BCUT2D eigenvalue weighted by Crippen LogP contribution is -2.12. The van der Waals surface area contributed by atoms with Gasteiger partial charge in [-0.25, -0.2) is 0 Å². The summed E-state index contributed by atoms with van der Waals surface area (Å²) in [6.45, 7) is 1.80. The highest BCUT2D eigenvalue weighted by Crippen LogP contribution is 2.41. The van der Waals surface area contributed by atoms with E-state index in [4.69, 9.17) is 16.3 Å². The normalized spacial score (nSPS) is 11.7. The molecule has 0 spiro atoms. The largest absolute Gasteiger partial charge is 0.505 e. The fourth-order valence-electron chi connectivity index (χ4n) is 3.72. The number of amides is 1. The van der Waals surface area contributed by atoms with Gasteiger partial charge in [0.1, 0.15) is 22.0 Å². The first-order chi connectivity index (χ1) is 17.6. The molecule has 0 atom stereocenters. The van der Waals surface area contributed by atoms with Gasteiger partial charge in [0.05, 0.1) is 17.7 Å². The summed E-state index contributed by atoms with van der Waals surface area (Å²) >= 11 is 6.27. The summed E-state index contributed by atoms with van der Waals surface area (Å²) in [6, 6.07) is 17.8. The van der Waals surface area contributed by atoms with Crippen molar-refractivity contribution < 1.29 is 27.6 Å². The van der Waals surface area contributed by atoms with Gasteiger partial charge in [0.15, 0.2) is 5.75 Å². The molecule has 0 saturated heterocycles. The highest BCUT2D eigenvalue weighted by molar-refractivity contribution is 7.86. The minimum atomic E-state index is -4.68. The molecule has 9 nitrogen and oxygen atoms in total. The molecule has 190 valence electrons. The van der Waals surface area contributed by atoms with Crippen molar-refractivity contribution >= 4 is 55.5 Å². The van der Waals surface area contributed by atoms with Crippen LogP contribution in [0.3, 0.4) is 0 Å². The van der Waals surface area contributed by atoms with E-state index in [1.165, 1.54) is 25.3 Å². The van der Waals surface area contributed by atoms with Crippen LogP contribution >= 0.6 is 11.6 Å². The highest BCUT2D eigenvalue weighted by Gasteiger charge is 2.22. The molecule has 0 heterocycles. The van der Waals surface area contributed by atoms with Crippen LogP contribution in [0.4, 0.5) is 17.1 Å². The number of carbonyl (C=O) groups is 1. The monoisotopic (exact) mass is 539 g/mol. The maximum Gasteiger partial charge on any atom is 0.296 e. The van der Waals surface area contributed by atoms with E-state index in [0.29, 0.717) is 34.2 Å². The molecule has 1 amide bonds. The number of nitrogens with zero attached hydrogens (tertiary/aromatic N) is 2. The van der Waals surface area contributed by atoms with Crippen molar-refractivity contribution in [2.75, 3.05) is 12.4 Å². The number of aromatic hydroxyl groups is 1. The minimum Gasteiger partial charge on any atom is -0.505 e. The third-order valence-electron chi connectivity index (χ3n) is 5.59. The molecule has 0 aliphatic carbocycles. The van der Waals surface area contributed by atoms with Gasteiger partial charge in [0.25, 0.3) is 16.0 Å². The Balaban J connectivity index is 1.84. The summed E-state index contributed by atoms with van der Waals surface area (Å²) in [5, 5.41) is 22.8. The molecule has 0 unspecified atom stereocenters. The van der Waals surface area contributed by atoms with E-state index in [2.05, 4.69) is 15.5 Å². The van der Waals surface area contributed by atoms with Gasteiger partial charge in [-0.3, -0.25) is 9.35 Å². The van der Waals surface area contributed by atoms with Crippen LogP contribution in [-0.2, 0) is 16.5 Å². The second-order valence-corrected chi connectivity index (χ2v) is 9.78. The number of benzene rings is 4. The fraction of sp³-hybridized carbons (Fsp3) is 0.115. The number of azo groups is 1. The Hall–Kier alpha value is -3.99. The van der Waals surface area contributed by atoms with Crippen LogP contribution in [0.1, 0.15) is 22.8 Å². The predicted octanol–water partition coefficient (Wildman–Crippen LogP) is 6.68. The van der Waals surface area contributed by atoms with Crippen LogP contribution in [0.15, 0.2) is 81.9 Å². The Morgan fingerprint density at radius 1 is 1.03 bits per heavy atom. The Morgan fingerprint density at radius 2 is 1.76 bits per heavy atom. The zero-order chi connectivity index (χ0) is 26.7. The van der Waals surface area contributed by atoms with Gasteiger partial charge in [-0.2, -0.15) is 8.42 Å². The number of hydrogen-bond donors (Lipinski definition) is 3. The molecule has 4 rings (SSSR count). The van der Waals surface area contributed by atoms with E-state index < -0.39 is 26.7 Å². The molecular formula is C26H22ClN3O6S. The van der Waals surface area contributed by atoms with E-state index in [9.17, 15) is 22.9 Å². The molecule has 0 bridgehead atoms. The van der Waals surface area contributed by atoms with E-state index in [1.54, 1.807) is 55.5 Å². The number of carbonyl (C=O) groups excluding carboxylic acids is 1. The lowest BCUT2D eigenvalue weighted by atomic mass is 10.0. The number of methoxy groups -OCH3 is 1. The fourth-order valence-corrected chi connectivity index (χ4v) is 4.75. The average Bonchev–Trinajstić information content (AvgIpc) is 2.87. The maximum atomic E-state index is 13.1. The quantitative estimate of drug-likeness (QED) is 0.177. The van der Waals surface area contributed by atoms with Crippen molar-refractivity contribution in [3.05, 3.63) is 82.9 Å². The molecule has 3 N–H and O–H groups in total. The summed E-state index contributed by atoms with van der Waals surface area (Å²) in [7, 11) is -3.18. The topological polar surface area (TPSA) is 138 Å². The third-order valence-corrected chi connectivity index (χ3v) is 6.75. The second-order valence-electron chi connectivity index (χ2n) is 7.98. The summed E-state index contributed by atoms with van der Waals surface area (Å²) in [6.07, 6.45) is 0.468. The van der Waals surface area contributed by atoms with Crippen molar-refractivity contribution in [1.29, 1.82) is 0 Å². The minimum absolute atomic E-state index is 0.0496. The summed E-state index contributed by atoms with van der Waals surface area (Å²) in [4.78, 5) is 12.6. The highest BCUT2D eigenvalue weighted by atomic mass is 35.5. The van der Waals surface area contributed by atoms with Gasteiger partial charge in [0.2, 0.25) is 0 Å². The van der Waals surface area contributed by atoms with Crippen molar-refractivity contribution in [3.63, 3.8) is 0 Å². The number of fused-ring (bicyclic) bond motifs is 1. The predicted molar refractivity (Wildman–Crippen MR) is 141 cm³/mol. The van der Waals surface area contributed by atoms with Crippen molar-refractivity contribution in [1.82, 2.24) is 0 Å². The van der Waals surface area contributed by atoms with E-state index >= 15 is 0 Å². The van der Waals surface area contributed by atoms with Crippen molar-refractivity contribution in [2.45, 2.75) is 18.2 Å². The number of aryl methyl sites for hydroxylation is 1. The number of anilines is 1. The summed E-state index contributed by atoms with van der Waals surface area (Å²) in [5.74, 6) is -0.551. The SMILES string of the molecule is CCc1cc(Cl)c(N=Nc2c(O)c(C(=O)Nc3cccc(OC)c3)cc3ccccc23)c(S(=O)(=O)O)c1. The molecular weight excluding hydrogens is 518 g/mol. The molecule has 0 aliphatic heterocycles. The molecule has 0 aliphatic rings. The Bertz CT molecular complexity index is 1650. The lowest BCUT2D eigenvalue weighted by molar-refractivity contribution is 0.102. The average molecular weight is 540 g/mol. The number of rotatable bonds is 7. The number of phenolic OH excluding ortho intramolecular Hbond substituents is 1. The lowest BCUT2D eigenvalue weighted by Gasteiger charge is -2.12. The summed E-state index contributed by atoms with van der Waals surface area (Å²) in [5.41, 5.74) is 0.557. The standard InChI is InChI=1S/C26H22ClN3O6S/c1-3-15-11-21(27)24(22(12-15)37(33,34)35)30-29-23-19-10-5-4-7-16(19)13-20(25(23)31)26(32)28-17-8-6-9-18(14-17)36-2/h4-14,31H,3H2,1-2H3,(H,28,32)(H,33,34,35). The van der Waals surface area contributed by atoms with Gasteiger partial charge < -0.3 is 15.2 Å². The van der Waals surface area contributed by atoms with E-state index in [1.807, 2.05) is 0 Å². The van der Waals surface area contributed by atoms with E-state index in [0.717, 1.165) is 0 Å². The maximum absolute atomic E-state index is 13.1. The number of hydrogen-bond acceptors (Lipinski definition) is 7. The van der Waals surface area contributed by atoms with Gasteiger partial charge >= 0.3 is 0 Å². The number of halogens is 1. The van der Waals surface area contributed by atoms with Crippen molar-refractivity contribution in [3.8, 4) is 11.5 Å². The molecule has 0 saturated carbocycles. The Labute approximate surface area is 218 Å². The number of phenols is 1. The van der Waals surface area contributed by atoms with Crippen LogP contribution in [0, 0.1) is 0 Å². The van der Waals surface area contributed by atoms with Crippen LogP contribution in [0.25, 0.3) is 10.8 Å². The number of ether oxygens (including phenoxy) is 1. The zero-order valence-electron chi connectivity index (χ0n) is 19.8. The van der Waals surface area contributed by atoms with Crippen molar-refractivity contribution in [2.24, 2.45) is 10.2 Å². The molecule has 11 heteroatoms. The molecule has 0 fully saturated rings. The van der Waals surface area contributed by atoms with Gasteiger partial charge in [-0.05, 0) is 47.7 Å². The molecule has 4 aromatic carbocycles. The van der Waals surface area contributed by atoms with Crippen LogP contribution in [-0.4, -0.2) is 31.1 Å². The third kappa shape index (κ3) is 5.56. The molecule has 0 radical (unpaired) electrons. The Morgan fingerprint density at radius 3 is 2.46 bits per heavy atom. The molecule has 0 aromatic heterocycles. The first-order valence-corrected chi connectivity index (χ1v) is 12.9. The van der Waals surface area contributed by atoms with Gasteiger partial charge in [0, 0.05) is 17.1 Å². The first-order valence-electron chi connectivity index (χ1n) is 11.0. The smallest absolute Gasteiger partial charge is 0.296 e. The number of nitrogens with one attached hydrogen (secondary N) is 1. The van der Waals surface area contributed by atoms with E-state index in [-0.39, 0.29) is 22.0 Å². The van der Waals surface area contributed by atoms with Gasteiger partial charge in [-0.1, -0.05) is 48.9 Å². The van der Waals surface area contributed by atoms with Crippen LogP contribution < -0.4 is 10.1 Å². The van der Waals surface area contributed by atoms with Crippen LogP contribution in [0.2, 0.25) is 5.02 Å². The molecule has 4 aromatic rings. The first kappa shape index (κ1) is 26.1. The second kappa shape index (κ2) is 10.6. The van der Waals surface area contributed by atoms with Crippen LogP contribution in [0.5, 0.6) is 11.5 Å². The zero-order valence-corrected chi connectivity index (χ0v) is 21.3.